The van der Waals surface area contributed by atoms with Crippen LogP contribution in [0.2, 0.25) is 0 Å². The summed E-state index contributed by atoms with van der Waals surface area (Å²) in [5.41, 5.74) is 2.20. The molecular formula is C16H22N2O2. The topological polar surface area (TPSA) is 40.6 Å². The number of fused-ring (bicyclic) bond motifs is 1. The molecule has 0 aromatic heterocycles. The number of carbonyl (C=O) groups excluding carboxylic acids is 2. The summed E-state index contributed by atoms with van der Waals surface area (Å²) in [5, 5.41) is 0. The van der Waals surface area contributed by atoms with Crippen molar-refractivity contribution in [2.75, 3.05) is 18.0 Å². The van der Waals surface area contributed by atoms with Crippen molar-refractivity contribution in [3.05, 3.63) is 29.8 Å². The Hall–Kier alpha value is -1.84. The van der Waals surface area contributed by atoms with E-state index in [9.17, 15) is 9.59 Å². The molecule has 1 aliphatic heterocycles. The zero-order chi connectivity index (χ0) is 14.7. The average Bonchev–Trinajstić information content (AvgIpc) is 2.87. The lowest BCUT2D eigenvalue weighted by Crippen LogP contribution is -2.45. The molecule has 2 rings (SSSR count). The minimum absolute atomic E-state index is 0.00505. The molecule has 0 saturated carbocycles. The number of benzene rings is 1. The maximum absolute atomic E-state index is 12.5. The van der Waals surface area contributed by atoms with E-state index in [1.54, 1.807) is 9.80 Å². The molecule has 0 spiro atoms. The van der Waals surface area contributed by atoms with Gasteiger partial charge in [-0.05, 0) is 31.4 Å². The summed E-state index contributed by atoms with van der Waals surface area (Å²) in [5.74, 6) is -0.0365. The molecule has 0 fully saturated rings. The van der Waals surface area contributed by atoms with Crippen LogP contribution >= 0.6 is 0 Å². The van der Waals surface area contributed by atoms with E-state index in [1.165, 1.54) is 12.5 Å². The van der Waals surface area contributed by atoms with Crippen LogP contribution in [0.5, 0.6) is 0 Å². The lowest BCUT2D eigenvalue weighted by molar-refractivity contribution is -0.135. The van der Waals surface area contributed by atoms with E-state index in [-0.39, 0.29) is 24.4 Å². The zero-order valence-electron chi connectivity index (χ0n) is 12.4. The van der Waals surface area contributed by atoms with E-state index in [0.717, 1.165) is 18.5 Å². The van der Waals surface area contributed by atoms with Crippen LogP contribution in [0, 0.1) is 0 Å². The quantitative estimate of drug-likeness (QED) is 0.844. The Morgan fingerprint density at radius 3 is 2.70 bits per heavy atom. The Morgan fingerprint density at radius 2 is 2.05 bits per heavy atom. The van der Waals surface area contributed by atoms with Crippen molar-refractivity contribution < 1.29 is 9.59 Å². The van der Waals surface area contributed by atoms with E-state index in [4.69, 9.17) is 0 Å². The number of amides is 2. The highest BCUT2D eigenvalue weighted by molar-refractivity contribution is 5.98. The Balaban J connectivity index is 2.11. The summed E-state index contributed by atoms with van der Waals surface area (Å²) in [6.45, 7) is 6.41. The molecule has 0 bridgehead atoms. The summed E-state index contributed by atoms with van der Waals surface area (Å²) >= 11 is 0. The van der Waals surface area contributed by atoms with Crippen LogP contribution in [0.4, 0.5) is 5.69 Å². The van der Waals surface area contributed by atoms with Gasteiger partial charge in [0.05, 0.1) is 0 Å². The molecule has 2 amide bonds. The monoisotopic (exact) mass is 274 g/mol. The molecule has 1 aliphatic rings. The second-order valence-corrected chi connectivity index (χ2v) is 5.33. The molecule has 108 valence electrons. The number of hydrogen-bond acceptors (Lipinski definition) is 2. The lowest BCUT2D eigenvalue weighted by Gasteiger charge is -2.29. The third-order valence-electron chi connectivity index (χ3n) is 4.02. The maximum atomic E-state index is 12.5. The van der Waals surface area contributed by atoms with Crippen LogP contribution in [0.15, 0.2) is 24.3 Å². The van der Waals surface area contributed by atoms with Gasteiger partial charge in [0.1, 0.15) is 6.54 Å². The predicted octanol–water partition coefficient (Wildman–Crippen LogP) is 2.22. The molecule has 4 heteroatoms. The molecule has 1 atom stereocenters. The largest absolute Gasteiger partial charge is 0.331 e. The third kappa shape index (κ3) is 2.84. The van der Waals surface area contributed by atoms with Crippen LogP contribution in [0.3, 0.4) is 0 Å². The van der Waals surface area contributed by atoms with Crippen LogP contribution in [0.25, 0.3) is 0 Å². The number of anilines is 1. The van der Waals surface area contributed by atoms with Crippen LogP contribution in [-0.2, 0) is 16.0 Å². The first-order valence-corrected chi connectivity index (χ1v) is 7.20. The Morgan fingerprint density at radius 1 is 1.35 bits per heavy atom. The van der Waals surface area contributed by atoms with Crippen molar-refractivity contribution in [1.29, 1.82) is 0 Å². The normalized spacial score (nSPS) is 14.8. The molecule has 0 radical (unpaired) electrons. The molecular weight excluding hydrogens is 252 g/mol. The average molecular weight is 274 g/mol. The van der Waals surface area contributed by atoms with E-state index in [1.807, 2.05) is 32.0 Å². The molecule has 4 nitrogen and oxygen atoms in total. The van der Waals surface area contributed by atoms with Gasteiger partial charge < -0.3 is 9.80 Å². The van der Waals surface area contributed by atoms with Gasteiger partial charge >= 0.3 is 0 Å². The first kappa shape index (κ1) is 14.6. The van der Waals surface area contributed by atoms with Gasteiger partial charge in [0.15, 0.2) is 0 Å². The smallest absolute Gasteiger partial charge is 0.246 e. The second-order valence-electron chi connectivity index (χ2n) is 5.33. The van der Waals surface area contributed by atoms with Gasteiger partial charge in [-0.2, -0.15) is 0 Å². The first-order valence-electron chi connectivity index (χ1n) is 7.20. The molecule has 1 aromatic rings. The van der Waals surface area contributed by atoms with Crippen LogP contribution < -0.4 is 4.90 Å². The SMILES string of the molecule is CCC(C)N(CC(=O)N1CCc2ccccc21)C(C)=O. The molecule has 1 unspecified atom stereocenters. The van der Waals surface area contributed by atoms with Crippen LogP contribution in [0.1, 0.15) is 32.8 Å². The van der Waals surface area contributed by atoms with Crippen molar-refractivity contribution in [1.82, 2.24) is 4.90 Å². The highest BCUT2D eigenvalue weighted by atomic mass is 16.2. The Labute approximate surface area is 120 Å². The number of para-hydroxylation sites is 1. The van der Waals surface area contributed by atoms with Gasteiger partial charge in [-0.15, -0.1) is 0 Å². The van der Waals surface area contributed by atoms with Crippen molar-refractivity contribution in [2.45, 2.75) is 39.7 Å². The Bertz CT molecular complexity index is 513. The van der Waals surface area contributed by atoms with Crippen molar-refractivity contribution in [3.63, 3.8) is 0 Å². The summed E-state index contributed by atoms with van der Waals surface area (Å²) in [6, 6.07) is 8.06. The van der Waals surface area contributed by atoms with Gasteiger partial charge in [0, 0.05) is 25.2 Å². The summed E-state index contributed by atoms with van der Waals surface area (Å²) < 4.78 is 0. The van der Waals surface area contributed by atoms with Crippen molar-refractivity contribution in [2.24, 2.45) is 0 Å². The summed E-state index contributed by atoms with van der Waals surface area (Å²) in [4.78, 5) is 27.6. The zero-order valence-corrected chi connectivity index (χ0v) is 12.4. The molecule has 20 heavy (non-hydrogen) atoms. The molecule has 1 aromatic carbocycles. The highest BCUT2D eigenvalue weighted by Gasteiger charge is 2.27. The minimum Gasteiger partial charge on any atom is -0.331 e. The van der Waals surface area contributed by atoms with Gasteiger partial charge in [0.25, 0.3) is 0 Å². The Kier molecular flexibility index (Phi) is 4.42. The molecule has 0 N–H and O–H groups in total. The van der Waals surface area contributed by atoms with E-state index in [0.29, 0.717) is 6.54 Å². The van der Waals surface area contributed by atoms with E-state index in [2.05, 4.69) is 6.07 Å². The fourth-order valence-corrected chi connectivity index (χ4v) is 2.63. The maximum Gasteiger partial charge on any atom is 0.246 e. The fourth-order valence-electron chi connectivity index (χ4n) is 2.63. The summed E-state index contributed by atoms with van der Waals surface area (Å²) in [7, 11) is 0. The molecule has 0 aliphatic carbocycles. The van der Waals surface area contributed by atoms with Gasteiger partial charge in [0.2, 0.25) is 11.8 Å². The molecule has 1 heterocycles. The number of hydrogen-bond donors (Lipinski definition) is 0. The fraction of sp³-hybridized carbons (Fsp3) is 0.500. The standard InChI is InChI=1S/C16H22N2O2/c1-4-12(2)18(13(3)19)11-16(20)17-10-9-14-7-5-6-8-15(14)17/h5-8,12H,4,9-11H2,1-3H3. The number of carbonyl (C=O) groups is 2. The van der Waals surface area contributed by atoms with Gasteiger partial charge in [-0.3, -0.25) is 9.59 Å². The van der Waals surface area contributed by atoms with Gasteiger partial charge in [-0.1, -0.05) is 25.1 Å². The van der Waals surface area contributed by atoms with Crippen LogP contribution in [-0.4, -0.2) is 35.8 Å². The van der Waals surface area contributed by atoms with E-state index >= 15 is 0 Å². The summed E-state index contributed by atoms with van der Waals surface area (Å²) in [6.07, 6.45) is 1.74. The van der Waals surface area contributed by atoms with Crippen molar-refractivity contribution >= 4 is 17.5 Å². The lowest BCUT2D eigenvalue weighted by atomic mass is 10.2. The predicted molar refractivity (Wildman–Crippen MR) is 79.6 cm³/mol. The minimum atomic E-state index is -0.0415. The van der Waals surface area contributed by atoms with Crippen molar-refractivity contribution in [3.8, 4) is 0 Å². The van der Waals surface area contributed by atoms with E-state index < -0.39 is 0 Å². The highest BCUT2D eigenvalue weighted by Crippen LogP contribution is 2.27. The third-order valence-corrected chi connectivity index (χ3v) is 4.02. The molecule has 0 saturated heterocycles. The second kappa shape index (κ2) is 6.07. The number of rotatable bonds is 4. The van der Waals surface area contributed by atoms with Gasteiger partial charge in [-0.25, -0.2) is 0 Å². The number of nitrogens with zero attached hydrogens (tertiary/aromatic N) is 2. The first-order chi connectivity index (χ1) is 9.54.